The highest BCUT2D eigenvalue weighted by Crippen LogP contribution is 2.24. The number of nitrogens with one attached hydrogen (secondary N) is 3. The van der Waals surface area contributed by atoms with Gasteiger partial charge in [-0.2, -0.15) is 0 Å². The number of amides is 3. The average Bonchev–Trinajstić information content (AvgIpc) is 3.25. The Balaban J connectivity index is 1.64. The van der Waals surface area contributed by atoms with Crippen LogP contribution in [0.15, 0.2) is 40.3 Å². The Morgan fingerprint density at radius 2 is 1.86 bits per heavy atom. The molecule has 3 N–H and O–H groups in total. The van der Waals surface area contributed by atoms with Gasteiger partial charge in [-0.25, -0.2) is 4.98 Å². The summed E-state index contributed by atoms with van der Waals surface area (Å²) in [6.45, 7) is 5.00. The fraction of sp³-hybridized carbons (Fsp3) is 0.200. The van der Waals surface area contributed by atoms with Crippen LogP contribution in [0.3, 0.4) is 0 Å². The van der Waals surface area contributed by atoms with E-state index in [9.17, 15) is 14.4 Å². The molecule has 29 heavy (non-hydrogen) atoms. The summed E-state index contributed by atoms with van der Waals surface area (Å²) < 4.78 is 5.12. The van der Waals surface area contributed by atoms with E-state index in [1.54, 1.807) is 30.5 Å². The molecule has 0 spiro atoms. The molecule has 9 heteroatoms. The lowest BCUT2D eigenvalue weighted by molar-refractivity contribution is -0.116. The molecule has 0 saturated carbocycles. The number of carbonyl (C=O) groups is 3. The van der Waals surface area contributed by atoms with Crippen molar-refractivity contribution < 1.29 is 18.8 Å². The molecule has 150 valence electrons. The Morgan fingerprint density at radius 1 is 1.07 bits per heavy atom. The van der Waals surface area contributed by atoms with Gasteiger partial charge in [0.2, 0.25) is 11.8 Å². The number of anilines is 3. The van der Waals surface area contributed by atoms with Crippen LogP contribution in [-0.2, 0) is 16.0 Å². The van der Waals surface area contributed by atoms with Gasteiger partial charge in [-0.05, 0) is 37.6 Å². The number of rotatable bonds is 6. The van der Waals surface area contributed by atoms with Crippen molar-refractivity contribution in [3.05, 3.63) is 58.5 Å². The highest BCUT2D eigenvalue weighted by Gasteiger charge is 2.15. The quantitative estimate of drug-likeness (QED) is 0.571. The minimum atomic E-state index is -0.318. The van der Waals surface area contributed by atoms with Crippen molar-refractivity contribution in [2.24, 2.45) is 0 Å². The van der Waals surface area contributed by atoms with E-state index >= 15 is 0 Å². The molecule has 8 nitrogen and oxygen atoms in total. The molecule has 1 aromatic carbocycles. The minimum Gasteiger partial charge on any atom is -0.469 e. The first-order valence-corrected chi connectivity index (χ1v) is 9.67. The van der Waals surface area contributed by atoms with Gasteiger partial charge in [-0.3, -0.25) is 19.7 Å². The van der Waals surface area contributed by atoms with Crippen LogP contribution in [-0.4, -0.2) is 22.7 Å². The average molecular weight is 412 g/mol. The summed E-state index contributed by atoms with van der Waals surface area (Å²) in [5.41, 5.74) is 2.95. The lowest BCUT2D eigenvalue weighted by atomic mass is 10.2. The first kappa shape index (κ1) is 20.3. The summed E-state index contributed by atoms with van der Waals surface area (Å²) >= 11 is 1.23. The number of hydrogen-bond donors (Lipinski definition) is 3. The van der Waals surface area contributed by atoms with Crippen LogP contribution in [0.1, 0.15) is 34.3 Å². The largest absolute Gasteiger partial charge is 0.469 e. The molecule has 0 atom stereocenters. The fourth-order valence-corrected chi connectivity index (χ4v) is 3.35. The Hall–Kier alpha value is -3.46. The van der Waals surface area contributed by atoms with Crippen molar-refractivity contribution >= 4 is 45.6 Å². The van der Waals surface area contributed by atoms with Gasteiger partial charge < -0.3 is 15.1 Å². The molecule has 0 radical (unpaired) electrons. The maximum Gasteiger partial charge on any atom is 0.260 e. The normalized spacial score (nSPS) is 10.4. The molecular weight excluding hydrogens is 392 g/mol. The standard InChI is InChI=1S/C20H20N4O4S/c1-11-4-5-16(21-13(3)25)17(8-11)23-18(26)9-14-10-29-20(22-14)24-19(27)15-6-7-28-12(15)2/h4-8,10H,9H2,1-3H3,(H,21,25)(H,23,26)(H,22,24,27). The van der Waals surface area contributed by atoms with E-state index in [2.05, 4.69) is 20.9 Å². The third kappa shape index (κ3) is 5.29. The second kappa shape index (κ2) is 8.70. The van der Waals surface area contributed by atoms with Gasteiger partial charge in [0.05, 0.1) is 35.3 Å². The SMILES string of the molecule is CC(=O)Nc1ccc(C)cc1NC(=O)Cc1csc(NC(=O)c2ccoc2C)n1. The van der Waals surface area contributed by atoms with Crippen molar-refractivity contribution in [3.8, 4) is 0 Å². The van der Waals surface area contributed by atoms with Crippen LogP contribution in [0, 0.1) is 13.8 Å². The summed E-state index contributed by atoms with van der Waals surface area (Å²) in [7, 11) is 0. The van der Waals surface area contributed by atoms with Crippen LogP contribution in [0.4, 0.5) is 16.5 Å². The Morgan fingerprint density at radius 3 is 2.55 bits per heavy atom. The van der Waals surface area contributed by atoms with Gasteiger partial charge in [0, 0.05) is 12.3 Å². The third-order valence-corrected chi connectivity index (χ3v) is 4.78. The maximum atomic E-state index is 12.4. The molecular formula is C20H20N4O4S. The zero-order valence-corrected chi connectivity index (χ0v) is 17.0. The highest BCUT2D eigenvalue weighted by atomic mass is 32.1. The van der Waals surface area contributed by atoms with Crippen molar-refractivity contribution in [1.29, 1.82) is 0 Å². The Bertz CT molecular complexity index is 1070. The van der Waals surface area contributed by atoms with E-state index in [0.717, 1.165) is 5.56 Å². The Kier molecular flexibility index (Phi) is 6.08. The molecule has 0 aliphatic carbocycles. The number of thiazole rings is 1. The third-order valence-electron chi connectivity index (χ3n) is 3.98. The molecule has 3 aromatic rings. The maximum absolute atomic E-state index is 12.4. The van der Waals surface area contributed by atoms with Crippen molar-refractivity contribution in [2.45, 2.75) is 27.2 Å². The molecule has 0 unspecified atom stereocenters. The summed E-state index contributed by atoms with van der Waals surface area (Å²) in [5.74, 6) is -0.304. The van der Waals surface area contributed by atoms with Gasteiger partial charge in [0.15, 0.2) is 5.13 Å². The number of nitrogens with zero attached hydrogens (tertiary/aromatic N) is 1. The van der Waals surface area contributed by atoms with Crippen LogP contribution in [0.25, 0.3) is 0 Å². The van der Waals surface area contributed by atoms with Crippen LogP contribution in [0.5, 0.6) is 0 Å². The second-order valence-electron chi connectivity index (χ2n) is 6.44. The van der Waals surface area contributed by atoms with Gasteiger partial charge in [-0.15, -0.1) is 11.3 Å². The number of hydrogen-bond acceptors (Lipinski definition) is 6. The van der Waals surface area contributed by atoms with Crippen LogP contribution < -0.4 is 16.0 Å². The first-order valence-electron chi connectivity index (χ1n) is 8.80. The zero-order valence-electron chi connectivity index (χ0n) is 16.2. The topological polar surface area (TPSA) is 113 Å². The number of carbonyl (C=O) groups excluding carboxylic acids is 3. The van der Waals surface area contributed by atoms with E-state index in [1.165, 1.54) is 24.5 Å². The second-order valence-corrected chi connectivity index (χ2v) is 7.30. The van der Waals surface area contributed by atoms with Crippen LogP contribution >= 0.6 is 11.3 Å². The number of furan rings is 1. The van der Waals surface area contributed by atoms with Crippen molar-refractivity contribution in [2.75, 3.05) is 16.0 Å². The lowest BCUT2D eigenvalue weighted by Gasteiger charge is -2.12. The van der Waals surface area contributed by atoms with Crippen LogP contribution in [0.2, 0.25) is 0 Å². The summed E-state index contributed by atoms with van der Waals surface area (Å²) in [6, 6.07) is 6.95. The number of aromatic nitrogens is 1. The molecule has 2 aromatic heterocycles. The minimum absolute atomic E-state index is 0.0323. The van der Waals surface area contributed by atoms with E-state index in [4.69, 9.17) is 4.42 Å². The molecule has 3 rings (SSSR count). The predicted octanol–water partition coefficient (Wildman–Crippen LogP) is 3.74. The van der Waals surface area contributed by atoms with Gasteiger partial charge in [-0.1, -0.05) is 6.07 Å². The predicted molar refractivity (Wildman–Crippen MR) is 111 cm³/mol. The molecule has 0 bridgehead atoms. The number of benzene rings is 1. The van der Waals surface area contributed by atoms with Crippen molar-refractivity contribution in [3.63, 3.8) is 0 Å². The summed E-state index contributed by atoms with van der Waals surface area (Å²) in [4.78, 5) is 40.3. The van der Waals surface area contributed by atoms with Gasteiger partial charge in [0.25, 0.3) is 5.91 Å². The highest BCUT2D eigenvalue weighted by molar-refractivity contribution is 7.14. The summed E-state index contributed by atoms with van der Waals surface area (Å²) in [6.07, 6.45) is 1.48. The molecule has 0 aliphatic rings. The zero-order chi connectivity index (χ0) is 21.0. The summed E-state index contributed by atoms with van der Waals surface area (Å²) in [5, 5.41) is 10.3. The van der Waals surface area contributed by atoms with E-state index < -0.39 is 0 Å². The van der Waals surface area contributed by atoms with E-state index in [-0.39, 0.29) is 24.1 Å². The number of aryl methyl sites for hydroxylation is 2. The molecule has 0 fully saturated rings. The van der Waals surface area contributed by atoms with Crippen molar-refractivity contribution in [1.82, 2.24) is 4.98 Å². The smallest absolute Gasteiger partial charge is 0.260 e. The van der Waals surface area contributed by atoms with E-state index in [1.807, 2.05) is 13.0 Å². The monoisotopic (exact) mass is 412 g/mol. The van der Waals surface area contributed by atoms with E-state index in [0.29, 0.717) is 33.5 Å². The van der Waals surface area contributed by atoms with Gasteiger partial charge in [0.1, 0.15) is 5.76 Å². The molecule has 0 aliphatic heterocycles. The molecule has 2 heterocycles. The Labute approximate surface area is 171 Å². The lowest BCUT2D eigenvalue weighted by Crippen LogP contribution is -2.17. The molecule has 0 saturated heterocycles. The fourth-order valence-electron chi connectivity index (χ4n) is 2.65. The molecule has 3 amide bonds. The first-order chi connectivity index (χ1) is 13.8. The van der Waals surface area contributed by atoms with Gasteiger partial charge >= 0.3 is 0 Å².